The molecular formula is C11H16N4S. The first-order valence-corrected chi connectivity index (χ1v) is 5.96. The minimum Gasteiger partial charge on any atom is -0.328 e. The van der Waals surface area contributed by atoms with E-state index in [-0.39, 0.29) is 0 Å². The Labute approximate surface area is 99.3 Å². The summed E-state index contributed by atoms with van der Waals surface area (Å²) in [5.74, 6) is 0. The van der Waals surface area contributed by atoms with Crippen LogP contribution in [0.3, 0.4) is 0 Å². The van der Waals surface area contributed by atoms with Crippen molar-refractivity contribution in [3.05, 3.63) is 10.5 Å². The van der Waals surface area contributed by atoms with Gasteiger partial charge in [-0.25, -0.2) is 0 Å². The highest BCUT2D eigenvalue weighted by molar-refractivity contribution is 7.71. The molecule has 0 amide bonds. The van der Waals surface area contributed by atoms with Crippen molar-refractivity contribution in [1.29, 1.82) is 0 Å². The largest absolute Gasteiger partial charge is 0.328 e. The number of aromatic amines is 1. The van der Waals surface area contributed by atoms with Gasteiger partial charge in [-0.15, -0.1) is 0 Å². The number of hydrogen-bond acceptors (Lipinski definition) is 2. The van der Waals surface area contributed by atoms with E-state index in [1.807, 2.05) is 18.7 Å². The molecule has 1 fully saturated rings. The molecule has 86 valence electrons. The Balaban J connectivity index is 2.32. The first-order valence-electron chi connectivity index (χ1n) is 5.55. The van der Waals surface area contributed by atoms with Gasteiger partial charge in [-0.3, -0.25) is 9.25 Å². The summed E-state index contributed by atoms with van der Waals surface area (Å²) in [6.45, 7) is 6.57. The molecule has 2 aromatic heterocycles. The standard InChI is InChI=1S/C11H16N4S/c1-6-8-9(14(4)13-6)15(10(16)12-8)7-5-11(7,2)3/h7H,5H2,1-4H3,(H,12,16). The van der Waals surface area contributed by atoms with E-state index in [1.54, 1.807) is 0 Å². The van der Waals surface area contributed by atoms with Crippen molar-refractivity contribution in [2.45, 2.75) is 33.2 Å². The topological polar surface area (TPSA) is 38.5 Å². The van der Waals surface area contributed by atoms with E-state index in [9.17, 15) is 0 Å². The van der Waals surface area contributed by atoms with E-state index in [1.165, 1.54) is 6.42 Å². The Morgan fingerprint density at radius 2 is 2.12 bits per heavy atom. The van der Waals surface area contributed by atoms with Gasteiger partial charge >= 0.3 is 0 Å². The number of nitrogens with zero attached hydrogens (tertiary/aromatic N) is 3. The Kier molecular flexibility index (Phi) is 1.74. The molecule has 1 saturated carbocycles. The summed E-state index contributed by atoms with van der Waals surface area (Å²) >= 11 is 5.41. The maximum atomic E-state index is 5.41. The average molecular weight is 236 g/mol. The molecule has 4 nitrogen and oxygen atoms in total. The quantitative estimate of drug-likeness (QED) is 0.773. The molecule has 0 aromatic carbocycles. The molecule has 0 aliphatic heterocycles. The van der Waals surface area contributed by atoms with Gasteiger partial charge < -0.3 is 4.98 Å². The van der Waals surface area contributed by atoms with Crippen LogP contribution < -0.4 is 0 Å². The SMILES string of the molecule is Cc1nn(C)c2c1[nH]c(=S)n2C1CC1(C)C. The molecule has 3 rings (SSSR count). The van der Waals surface area contributed by atoms with E-state index in [0.717, 1.165) is 21.6 Å². The first-order chi connectivity index (χ1) is 7.42. The van der Waals surface area contributed by atoms with Crippen LogP contribution in [-0.4, -0.2) is 19.3 Å². The van der Waals surface area contributed by atoms with Crippen molar-refractivity contribution in [3.8, 4) is 0 Å². The monoisotopic (exact) mass is 236 g/mol. The molecule has 0 radical (unpaired) electrons. The lowest BCUT2D eigenvalue weighted by Crippen LogP contribution is -2.04. The molecule has 0 saturated heterocycles. The zero-order valence-electron chi connectivity index (χ0n) is 10.0. The second-order valence-corrected chi connectivity index (χ2v) is 5.80. The van der Waals surface area contributed by atoms with Gasteiger partial charge in [0.15, 0.2) is 10.4 Å². The van der Waals surface area contributed by atoms with Crippen LogP contribution in [0, 0.1) is 17.1 Å². The molecule has 1 atom stereocenters. The van der Waals surface area contributed by atoms with Crippen molar-refractivity contribution < 1.29 is 0 Å². The van der Waals surface area contributed by atoms with E-state index >= 15 is 0 Å². The molecule has 0 spiro atoms. The van der Waals surface area contributed by atoms with Crippen LogP contribution >= 0.6 is 12.2 Å². The number of imidazole rings is 1. The lowest BCUT2D eigenvalue weighted by atomic mass is 10.2. The minimum atomic E-state index is 0.367. The van der Waals surface area contributed by atoms with Gasteiger partial charge in [-0.2, -0.15) is 5.10 Å². The Hall–Kier alpha value is -1.10. The van der Waals surface area contributed by atoms with Crippen molar-refractivity contribution in [2.75, 3.05) is 0 Å². The van der Waals surface area contributed by atoms with Gasteiger partial charge in [0.1, 0.15) is 5.52 Å². The lowest BCUT2D eigenvalue weighted by molar-refractivity contribution is 0.537. The van der Waals surface area contributed by atoms with Gasteiger partial charge in [0.05, 0.1) is 5.69 Å². The summed E-state index contributed by atoms with van der Waals surface area (Å²) in [6, 6.07) is 0.517. The van der Waals surface area contributed by atoms with E-state index in [0.29, 0.717) is 11.5 Å². The summed E-state index contributed by atoms with van der Waals surface area (Å²) in [5.41, 5.74) is 3.58. The fourth-order valence-electron chi connectivity index (χ4n) is 2.50. The molecule has 1 unspecified atom stereocenters. The number of H-pyrrole nitrogens is 1. The third-order valence-electron chi connectivity index (χ3n) is 3.64. The minimum absolute atomic E-state index is 0.367. The van der Waals surface area contributed by atoms with Gasteiger partial charge in [0, 0.05) is 13.1 Å². The average Bonchev–Trinajstić information content (AvgIpc) is 2.52. The van der Waals surface area contributed by atoms with Gasteiger partial charge in [0.2, 0.25) is 0 Å². The maximum absolute atomic E-state index is 5.41. The Morgan fingerprint density at radius 1 is 1.50 bits per heavy atom. The van der Waals surface area contributed by atoms with Crippen LogP contribution in [-0.2, 0) is 7.05 Å². The van der Waals surface area contributed by atoms with Gasteiger partial charge in [-0.1, -0.05) is 13.8 Å². The summed E-state index contributed by atoms with van der Waals surface area (Å²) in [4.78, 5) is 3.27. The highest BCUT2D eigenvalue weighted by Crippen LogP contribution is 2.56. The molecule has 2 aromatic rings. The normalized spacial score (nSPS) is 22.9. The molecule has 1 aliphatic carbocycles. The number of rotatable bonds is 1. The van der Waals surface area contributed by atoms with E-state index in [2.05, 4.69) is 28.5 Å². The second-order valence-electron chi connectivity index (χ2n) is 5.42. The van der Waals surface area contributed by atoms with Crippen molar-refractivity contribution in [1.82, 2.24) is 19.3 Å². The zero-order chi connectivity index (χ0) is 11.7. The summed E-state index contributed by atoms with van der Waals surface area (Å²) in [5, 5.41) is 4.43. The molecule has 2 heterocycles. The van der Waals surface area contributed by atoms with Crippen molar-refractivity contribution in [3.63, 3.8) is 0 Å². The Bertz CT molecular complexity index is 628. The van der Waals surface area contributed by atoms with Gasteiger partial charge in [0.25, 0.3) is 0 Å². The highest BCUT2D eigenvalue weighted by atomic mass is 32.1. The van der Waals surface area contributed by atoms with Crippen LogP contribution in [0.4, 0.5) is 0 Å². The molecule has 0 bridgehead atoms. The molecule has 5 heteroatoms. The number of aromatic nitrogens is 4. The van der Waals surface area contributed by atoms with E-state index in [4.69, 9.17) is 12.2 Å². The van der Waals surface area contributed by atoms with Gasteiger partial charge in [-0.05, 0) is 31.0 Å². The van der Waals surface area contributed by atoms with Crippen molar-refractivity contribution in [2.24, 2.45) is 12.5 Å². The van der Waals surface area contributed by atoms with E-state index < -0.39 is 0 Å². The summed E-state index contributed by atoms with van der Waals surface area (Å²) in [7, 11) is 1.98. The first kappa shape index (κ1) is 10.1. The van der Waals surface area contributed by atoms with Crippen LogP contribution in [0.2, 0.25) is 0 Å². The van der Waals surface area contributed by atoms with Crippen LogP contribution in [0.5, 0.6) is 0 Å². The zero-order valence-corrected chi connectivity index (χ0v) is 10.9. The smallest absolute Gasteiger partial charge is 0.179 e. The number of fused-ring (bicyclic) bond motifs is 1. The molecule has 16 heavy (non-hydrogen) atoms. The predicted octanol–water partition coefficient (Wildman–Crippen LogP) is 2.71. The highest BCUT2D eigenvalue weighted by Gasteiger charge is 2.48. The number of nitrogens with one attached hydrogen (secondary N) is 1. The molecule has 1 aliphatic rings. The summed E-state index contributed by atoms with van der Waals surface area (Å²) < 4.78 is 4.97. The third kappa shape index (κ3) is 1.15. The fourth-order valence-corrected chi connectivity index (χ4v) is 2.82. The van der Waals surface area contributed by atoms with Crippen LogP contribution in [0.1, 0.15) is 32.0 Å². The molecular weight excluding hydrogens is 220 g/mol. The Morgan fingerprint density at radius 3 is 2.69 bits per heavy atom. The van der Waals surface area contributed by atoms with Crippen molar-refractivity contribution >= 4 is 23.4 Å². The predicted molar refractivity (Wildman–Crippen MR) is 66.1 cm³/mol. The van der Waals surface area contributed by atoms with Crippen LogP contribution in [0.25, 0.3) is 11.2 Å². The third-order valence-corrected chi connectivity index (χ3v) is 3.94. The van der Waals surface area contributed by atoms with Crippen LogP contribution in [0.15, 0.2) is 0 Å². The molecule has 1 N–H and O–H groups in total. The maximum Gasteiger partial charge on any atom is 0.179 e. The summed E-state index contributed by atoms with van der Waals surface area (Å²) in [6.07, 6.45) is 1.19. The number of aryl methyl sites for hydroxylation is 2. The second kappa shape index (κ2) is 2.77. The number of hydrogen-bond donors (Lipinski definition) is 1. The fraction of sp³-hybridized carbons (Fsp3) is 0.636. The lowest BCUT2D eigenvalue weighted by Gasteiger charge is -2.06.